The van der Waals surface area contributed by atoms with Gasteiger partial charge in [0.25, 0.3) is 0 Å². The smallest absolute Gasteiger partial charge is 0.144 e. The molecule has 0 radical (unpaired) electrons. The maximum atomic E-state index is 6.51. The minimum atomic E-state index is -0.0491. The number of fused-ring (bicyclic) bond motifs is 2. The van der Waals surface area contributed by atoms with Crippen molar-refractivity contribution >= 4 is 11.4 Å². The lowest BCUT2D eigenvalue weighted by Gasteiger charge is -2.30. The van der Waals surface area contributed by atoms with Crippen molar-refractivity contribution in [2.75, 3.05) is 36.0 Å². The van der Waals surface area contributed by atoms with Crippen LogP contribution in [0.1, 0.15) is 48.6 Å². The molecule has 3 aliphatic heterocycles. The van der Waals surface area contributed by atoms with Crippen molar-refractivity contribution in [1.29, 1.82) is 0 Å². The summed E-state index contributed by atoms with van der Waals surface area (Å²) in [6.45, 7) is 4.47. The predicted octanol–water partition coefficient (Wildman–Crippen LogP) is 4.36. The van der Waals surface area contributed by atoms with E-state index in [9.17, 15) is 0 Å². The summed E-state index contributed by atoms with van der Waals surface area (Å²) in [5.41, 5.74) is 4.70. The summed E-state index contributed by atoms with van der Waals surface area (Å²) in [6.07, 6.45) is 8.19. The highest BCUT2D eigenvalue weighted by Gasteiger charge is 2.32. The number of anilines is 2. The fourth-order valence-electron chi connectivity index (χ4n) is 5.01. The van der Waals surface area contributed by atoms with E-state index < -0.39 is 0 Å². The summed E-state index contributed by atoms with van der Waals surface area (Å²) < 4.78 is 6.51. The largest absolute Gasteiger partial charge is 0.457 e. The fraction of sp³-hybridized carbons (Fsp3) is 0.375. The second-order valence-corrected chi connectivity index (χ2v) is 8.36. The predicted molar refractivity (Wildman–Crippen MR) is 117 cm³/mol. The average molecular weight is 399 g/mol. The van der Waals surface area contributed by atoms with E-state index in [1.165, 1.54) is 37.1 Å². The molecule has 0 N–H and O–H groups in total. The minimum Gasteiger partial charge on any atom is -0.457 e. The van der Waals surface area contributed by atoms with Crippen LogP contribution in [0.3, 0.4) is 0 Å². The van der Waals surface area contributed by atoms with E-state index in [4.69, 9.17) is 4.74 Å². The van der Waals surface area contributed by atoms with Gasteiger partial charge in [-0.2, -0.15) is 0 Å². The van der Waals surface area contributed by atoms with Gasteiger partial charge in [-0.05, 0) is 37.8 Å². The standard InChI is InChI=1S/C24H25N5O/c1-2-10-28(9-1)17-5-7-19-21(13-17)30-22-14-18(29-11-3-4-12-29)6-8-20(22)23(19)24-26-15-25-16-27-24/h5-8,13-16,23H,1-4,9-12H2. The molecule has 0 atom stereocenters. The monoisotopic (exact) mass is 399 g/mol. The van der Waals surface area contributed by atoms with Crippen molar-refractivity contribution in [1.82, 2.24) is 15.0 Å². The SMILES string of the molecule is c1ncnc(C2c3ccc(N4CCCC4)cc3Oc3cc(N4CCCC4)ccc32)n1. The second-order valence-electron chi connectivity index (χ2n) is 8.36. The Morgan fingerprint density at radius 3 is 1.70 bits per heavy atom. The van der Waals surface area contributed by atoms with Crippen molar-refractivity contribution in [2.45, 2.75) is 31.6 Å². The Bertz CT molecular complexity index is 993. The summed E-state index contributed by atoms with van der Waals surface area (Å²) in [5, 5.41) is 0. The zero-order valence-electron chi connectivity index (χ0n) is 17.0. The first-order valence-electron chi connectivity index (χ1n) is 10.9. The number of hydrogen-bond donors (Lipinski definition) is 0. The molecule has 152 valence electrons. The van der Waals surface area contributed by atoms with Gasteiger partial charge in [0.05, 0.1) is 5.92 Å². The third-order valence-corrected chi connectivity index (χ3v) is 6.55. The molecule has 2 aromatic carbocycles. The average Bonchev–Trinajstić information content (AvgIpc) is 3.52. The molecule has 30 heavy (non-hydrogen) atoms. The van der Waals surface area contributed by atoms with Crippen LogP contribution in [0, 0.1) is 0 Å². The first kappa shape index (κ1) is 17.7. The Morgan fingerprint density at radius 1 is 0.700 bits per heavy atom. The van der Waals surface area contributed by atoms with Crippen LogP contribution in [0.2, 0.25) is 0 Å². The van der Waals surface area contributed by atoms with E-state index in [1.807, 2.05) is 0 Å². The highest BCUT2D eigenvalue weighted by molar-refractivity contribution is 5.65. The van der Waals surface area contributed by atoms with E-state index in [2.05, 4.69) is 61.1 Å². The maximum Gasteiger partial charge on any atom is 0.144 e. The number of ether oxygens (including phenoxy) is 1. The van der Waals surface area contributed by atoms with Gasteiger partial charge < -0.3 is 14.5 Å². The van der Waals surface area contributed by atoms with Crippen LogP contribution < -0.4 is 14.5 Å². The number of benzene rings is 2. The topological polar surface area (TPSA) is 54.4 Å². The zero-order chi connectivity index (χ0) is 19.9. The van der Waals surface area contributed by atoms with Gasteiger partial charge in [-0.1, -0.05) is 12.1 Å². The molecule has 3 aliphatic rings. The van der Waals surface area contributed by atoms with Crippen LogP contribution in [-0.4, -0.2) is 41.1 Å². The Morgan fingerprint density at radius 2 is 1.20 bits per heavy atom. The molecule has 1 aromatic heterocycles. The fourth-order valence-corrected chi connectivity index (χ4v) is 5.01. The third kappa shape index (κ3) is 2.98. The summed E-state index contributed by atoms with van der Waals surface area (Å²) in [5.74, 6) is 2.54. The van der Waals surface area contributed by atoms with Crippen molar-refractivity contribution < 1.29 is 4.74 Å². The Balaban J connectivity index is 1.46. The minimum absolute atomic E-state index is 0.0491. The molecule has 4 heterocycles. The first-order valence-corrected chi connectivity index (χ1v) is 10.9. The highest BCUT2D eigenvalue weighted by atomic mass is 16.5. The molecule has 0 amide bonds. The third-order valence-electron chi connectivity index (χ3n) is 6.55. The molecule has 2 fully saturated rings. The van der Waals surface area contributed by atoms with Crippen molar-refractivity contribution in [3.8, 4) is 11.5 Å². The molecule has 0 unspecified atom stereocenters. The lowest BCUT2D eigenvalue weighted by molar-refractivity contribution is 0.450. The molecule has 3 aromatic rings. The van der Waals surface area contributed by atoms with E-state index in [0.29, 0.717) is 0 Å². The summed E-state index contributed by atoms with van der Waals surface area (Å²) in [7, 11) is 0. The second kappa shape index (κ2) is 7.27. The molecule has 0 saturated carbocycles. The van der Waals surface area contributed by atoms with Crippen molar-refractivity contribution in [3.63, 3.8) is 0 Å². The first-order chi connectivity index (χ1) is 14.9. The number of nitrogens with zero attached hydrogens (tertiary/aromatic N) is 5. The van der Waals surface area contributed by atoms with Gasteiger partial charge in [-0.25, -0.2) is 15.0 Å². The van der Waals surface area contributed by atoms with E-state index in [1.54, 1.807) is 12.7 Å². The molecule has 0 aliphatic carbocycles. The van der Waals surface area contributed by atoms with Crippen LogP contribution in [0.4, 0.5) is 11.4 Å². The van der Waals surface area contributed by atoms with Crippen LogP contribution >= 0.6 is 0 Å². The molecule has 2 saturated heterocycles. The Hall–Kier alpha value is -3.15. The van der Waals surface area contributed by atoms with Crippen LogP contribution in [0.15, 0.2) is 49.1 Å². The Kier molecular flexibility index (Phi) is 4.29. The number of rotatable bonds is 3. The molecule has 0 spiro atoms. The van der Waals surface area contributed by atoms with E-state index >= 15 is 0 Å². The lowest BCUT2D eigenvalue weighted by Crippen LogP contribution is -2.20. The lowest BCUT2D eigenvalue weighted by atomic mass is 9.86. The molecular weight excluding hydrogens is 374 g/mol. The van der Waals surface area contributed by atoms with Crippen LogP contribution in [0.25, 0.3) is 0 Å². The van der Waals surface area contributed by atoms with Gasteiger partial charge in [0.1, 0.15) is 30.0 Å². The quantitative estimate of drug-likeness (QED) is 0.510. The summed E-state index contributed by atoms with van der Waals surface area (Å²) >= 11 is 0. The van der Waals surface area contributed by atoms with Gasteiger partial charge in [-0.3, -0.25) is 0 Å². The molecular formula is C24H25N5O. The molecule has 0 bridgehead atoms. The van der Waals surface area contributed by atoms with Crippen molar-refractivity contribution in [3.05, 3.63) is 66.0 Å². The summed E-state index contributed by atoms with van der Waals surface area (Å²) in [4.78, 5) is 17.9. The number of hydrogen-bond acceptors (Lipinski definition) is 6. The van der Waals surface area contributed by atoms with Gasteiger partial charge >= 0.3 is 0 Å². The van der Waals surface area contributed by atoms with Gasteiger partial charge in [0.2, 0.25) is 0 Å². The zero-order valence-corrected chi connectivity index (χ0v) is 17.0. The summed E-state index contributed by atoms with van der Waals surface area (Å²) in [6, 6.07) is 13.2. The molecule has 6 rings (SSSR count). The van der Waals surface area contributed by atoms with Gasteiger partial charge in [0.15, 0.2) is 0 Å². The normalized spacial score (nSPS) is 18.3. The van der Waals surface area contributed by atoms with E-state index in [0.717, 1.165) is 54.6 Å². The molecule has 6 heteroatoms. The van der Waals surface area contributed by atoms with Gasteiger partial charge in [-0.15, -0.1) is 0 Å². The number of aromatic nitrogens is 3. The molecule has 6 nitrogen and oxygen atoms in total. The van der Waals surface area contributed by atoms with Crippen LogP contribution in [0.5, 0.6) is 11.5 Å². The highest BCUT2D eigenvalue weighted by Crippen LogP contribution is 2.48. The van der Waals surface area contributed by atoms with Crippen LogP contribution in [-0.2, 0) is 0 Å². The Labute approximate surface area is 176 Å². The maximum absolute atomic E-state index is 6.51. The van der Waals surface area contributed by atoms with Gasteiger partial charge in [0, 0.05) is 60.8 Å². The van der Waals surface area contributed by atoms with E-state index in [-0.39, 0.29) is 5.92 Å². The van der Waals surface area contributed by atoms with Crippen molar-refractivity contribution in [2.24, 2.45) is 0 Å².